The number of hydrogen-bond acceptors (Lipinski definition) is 4. The number of benzene rings is 1. The van der Waals surface area contributed by atoms with Crippen molar-refractivity contribution in [3.63, 3.8) is 0 Å². The third-order valence-corrected chi connectivity index (χ3v) is 6.89. The predicted octanol–water partition coefficient (Wildman–Crippen LogP) is 1.12. The van der Waals surface area contributed by atoms with Crippen molar-refractivity contribution in [3.8, 4) is 0 Å². The average Bonchev–Trinajstić information content (AvgIpc) is 2.79. The second-order valence-corrected chi connectivity index (χ2v) is 8.44. The summed E-state index contributed by atoms with van der Waals surface area (Å²) < 4.78 is 25.5. The molecule has 0 aromatic heterocycles. The van der Waals surface area contributed by atoms with E-state index in [-0.39, 0.29) is 22.8 Å². The minimum Gasteiger partial charge on any atom is -0.281 e. The van der Waals surface area contributed by atoms with E-state index in [2.05, 4.69) is 19.1 Å². The number of thioether (sulfide) groups is 1. The van der Waals surface area contributed by atoms with Crippen LogP contribution in [-0.4, -0.2) is 41.0 Å². The third-order valence-electron chi connectivity index (χ3n) is 3.74. The summed E-state index contributed by atoms with van der Waals surface area (Å²) in [5, 5.41) is 0.796. The van der Waals surface area contributed by atoms with Crippen molar-refractivity contribution in [2.75, 3.05) is 11.5 Å². The van der Waals surface area contributed by atoms with Crippen LogP contribution in [-0.2, 0) is 16.3 Å². The van der Waals surface area contributed by atoms with E-state index in [0.29, 0.717) is 5.17 Å². The number of fused-ring (bicyclic) bond motifs is 1. The van der Waals surface area contributed by atoms with E-state index >= 15 is 0 Å². The van der Waals surface area contributed by atoms with E-state index in [1.54, 1.807) is 0 Å². The number of sulfone groups is 1. The molecule has 2 unspecified atom stereocenters. The molecule has 1 fully saturated rings. The van der Waals surface area contributed by atoms with Crippen molar-refractivity contribution >= 4 is 32.5 Å². The van der Waals surface area contributed by atoms with Crippen molar-refractivity contribution in [2.45, 2.75) is 24.6 Å². The van der Waals surface area contributed by atoms with Gasteiger partial charge in [-0.05, 0) is 35.9 Å². The van der Waals surface area contributed by atoms with Gasteiger partial charge in [-0.25, -0.2) is 13.0 Å². The van der Waals surface area contributed by atoms with Gasteiger partial charge in [-0.3, -0.25) is 5.73 Å². The zero-order valence-electron chi connectivity index (χ0n) is 10.7. The molecule has 1 aromatic carbocycles. The van der Waals surface area contributed by atoms with Crippen LogP contribution in [0.25, 0.3) is 0 Å². The lowest BCUT2D eigenvalue weighted by molar-refractivity contribution is -0.470. The number of aryl methyl sites for hydroxylation is 1. The topological polar surface area (TPSA) is 63.2 Å². The summed E-state index contributed by atoms with van der Waals surface area (Å²) in [6.07, 6.45) is 0.995. The molecule has 3 rings (SSSR count). The Balaban J connectivity index is 1.97. The van der Waals surface area contributed by atoms with Crippen LogP contribution >= 0.6 is 11.8 Å². The second kappa shape index (κ2) is 4.52. The number of rotatable bonds is 2. The summed E-state index contributed by atoms with van der Waals surface area (Å²) in [4.78, 5) is 0. The Kier molecular flexibility index (Phi) is 3.09. The molecule has 2 aliphatic rings. The van der Waals surface area contributed by atoms with E-state index in [4.69, 9.17) is 5.73 Å². The first kappa shape index (κ1) is 13.0. The van der Waals surface area contributed by atoms with Crippen molar-refractivity contribution < 1.29 is 13.0 Å². The van der Waals surface area contributed by atoms with Gasteiger partial charge < -0.3 is 0 Å². The molecule has 19 heavy (non-hydrogen) atoms. The largest absolute Gasteiger partial charge is 0.310 e. The van der Waals surface area contributed by atoms with E-state index in [1.807, 2.05) is 16.7 Å². The molecular weight excluding hydrogens is 280 g/mol. The van der Waals surface area contributed by atoms with Crippen LogP contribution in [0.1, 0.15) is 12.5 Å². The monoisotopic (exact) mass is 297 g/mol. The van der Waals surface area contributed by atoms with Gasteiger partial charge in [0, 0.05) is 0 Å². The third kappa shape index (κ3) is 2.27. The van der Waals surface area contributed by atoms with Crippen molar-refractivity contribution in [2.24, 2.45) is 5.73 Å². The van der Waals surface area contributed by atoms with Gasteiger partial charge >= 0.3 is 5.17 Å². The Hall–Kier alpha value is -1.01. The van der Waals surface area contributed by atoms with Gasteiger partial charge in [0.15, 0.2) is 9.84 Å². The van der Waals surface area contributed by atoms with Crippen molar-refractivity contribution in [1.29, 1.82) is 0 Å². The Morgan fingerprint density at radius 1 is 1.32 bits per heavy atom. The van der Waals surface area contributed by atoms with Crippen molar-refractivity contribution in [1.82, 2.24) is 0 Å². The fourth-order valence-corrected chi connectivity index (χ4v) is 6.55. The molecule has 2 N–H and O–H groups in total. The number of amidine groups is 1. The molecule has 0 aliphatic carbocycles. The van der Waals surface area contributed by atoms with E-state index in [1.165, 1.54) is 17.3 Å². The van der Waals surface area contributed by atoms with Crippen LogP contribution in [0.2, 0.25) is 0 Å². The first-order valence-electron chi connectivity index (χ1n) is 6.38. The van der Waals surface area contributed by atoms with Gasteiger partial charge in [-0.2, -0.15) is 0 Å². The molecule has 0 saturated carbocycles. The zero-order valence-corrected chi connectivity index (χ0v) is 12.4. The van der Waals surface area contributed by atoms with Crippen LogP contribution in [0.15, 0.2) is 24.3 Å². The molecule has 0 radical (unpaired) electrons. The number of nitrogens with zero attached hydrogens (tertiary/aromatic N) is 1. The molecule has 1 saturated heterocycles. The minimum absolute atomic E-state index is 0.0116. The maximum absolute atomic E-state index is 11.7. The Bertz CT molecular complexity index is 635. The highest BCUT2D eigenvalue weighted by atomic mass is 32.2. The smallest absolute Gasteiger partial charge is 0.281 e. The van der Waals surface area contributed by atoms with Gasteiger partial charge in [0.2, 0.25) is 0 Å². The first-order chi connectivity index (χ1) is 9.00. The summed E-state index contributed by atoms with van der Waals surface area (Å²) >= 11 is 1.49. The molecule has 6 heteroatoms. The fourth-order valence-electron chi connectivity index (χ4n) is 2.74. The highest BCUT2D eigenvalue weighted by Crippen LogP contribution is 2.36. The van der Waals surface area contributed by atoms with Crippen LogP contribution in [0.4, 0.5) is 5.69 Å². The van der Waals surface area contributed by atoms with Gasteiger partial charge in [0.1, 0.15) is 11.7 Å². The van der Waals surface area contributed by atoms with E-state index in [0.717, 1.165) is 12.1 Å². The van der Waals surface area contributed by atoms with Gasteiger partial charge in [-0.1, -0.05) is 19.1 Å². The van der Waals surface area contributed by atoms with Crippen LogP contribution in [0, 0.1) is 0 Å². The fraction of sp³-hybridized carbons (Fsp3) is 0.462. The highest BCUT2D eigenvalue weighted by molar-refractivity contribution is 8.15. The average molecular weight is 297 g/mol. The van der Waals surface area contributed by atoms with Crippen LogP contribution < -0.4 is 5.73 Å². The van der Waals surface area contributed by atoms with Crippen molar-refractivity contribution in [3.05, 3.63) is 29.8 Å². The lowest BCUT2D eigenvalue weighted by Gasteiger charge is -2.11. The molecule has 2 atom stereocenters. The highest BCUT2D eigenvalue weighted by Gasteiger charge is 2.49. The standard InChI is InChI=1S/C13H16N2O2S2/c1-2-9-3-5-10(6-4-9)15-11-7-19(16,17)8-12(11)18-13(15)14/h3-6,11-12,14H,2,7-8H2,1H3/p+1. The molecule has 0 spiro atoms. The molecule has 1 aromatic rings. The first-order valence-corrected chi connectivity index (χ1v) is 9.08. The number of nitrogens with two attached hydrogens (primary N) is 1. The Labute approximate surface area is 117 Å². The second-order valence-electron chi connectivity index (χ2n) is 5.03. The van der Waals surface area contributed by atoms with Gasteiger partial charge in [0.25, 0.3) is 0 Å². The van der Waals surface area contributed by atoms with E-state index in [9.17, 15) is 8.42 Å². The maximum atomic E-state index is 11.7. The molecule has 0 bridgehead atoms. The summed E-state index contributed by atoms with van der Waals surface area (Å²) in [6.45, 7) is 2.11. The van der Waals surface area contributed by atoms with Gasteiger partial charge in [-0.15, -0.1) is 0 Å². The lowest BCUT2D eigenvalue weighted by atomic mass is 10.1. The number of hydrogen-bond donors (Lipinski definition) is 1. The zero-order chi connectivity index (χ0) is 13.6. The van der Waals surface area contributed by atoms with E-state index < -0.39 is 9.84 Å². The minimum atomic E-state index is -2.91. The normalized spacial score (nSPS) is 28.7. The molecule has 2 heterocycles. The van der Waals surface area contributed by atoms with Crippen LogP contribution in [0.3, 0.4) is 0 Å². The summed E-state index contributed by atoms with van der Waals surface area (Å²) in [6, 6.07) is 8.19. The van der Waals surface area contributed by atoms with Crippen LogP contribution in [0.5, 0.6) is 0 Å². The van der Waals surface area contributed by atoms with Gasteiger partial charge in [0.05, 0.1) is 16.8 Å². The Morgan fingerprint density at radius 3 is 2.63 bits per heavy atom. The molecule has 2 aliphatic heterocycles. The molecule has 102 valence electrons. The summed E-state index contributed by atoms with van der Waals surface area (Å²) in [7, 11) is -2.91. The molecule has 4 nitrogen and oxygen atoms in total. The SMILES string of the molecule is CCc1ccc([N+]2=C(N)SC3CS(=O)(=O)CC32)cc1. The Morgan fingerprint density at radius 2 is 2.00 bits per heavy atom. The summed E-state index contributed by atoms with van der Waals surface area (Å²) in [5.74, 6) is 0.452. The molecular formula is C13H17N2O2S2+. The quantitative estimate of drug-likeness (QED) is 0.831. The predicted molar refractivity (Wildman–Crippen MR) is 78.8 cm³/mol. The lowest BCUT2D eigenvalue weighted by Crippen LogP contribution is -2.29. The maximum Gasteiger partial charge on any atom is 0.310 e. The summed E-state index contributed by atoms with van der Waals surface area (Å²) in [5.41, 5.74) is 8.33. The molecule has 0 amide bonds.